The number of nitrogens with one attached hydrogen (secondary N) is 1. The first-order valence-electron chi connectivity index (χ1n) is 5.58. The SMILES string of the molecule is C#CC(CC)(CC)NC(=O)CN(C)CC(=O)O. The third kappa shape index (κ3) is 5.36. The molecular weight excluding hydrogens is 220 g/mol. The van der Waals surface area contributed by atoms with Crippen molar-refractivity contribution in [2.75, 3.05) is 20.1 Å². The predicted molar refractivity (Wildman–Crippen MR) is 65.4 cm³/mol. The molecule has 0 saturated carbocycles. The van der Waals surface area contributed by atoms with Crippen LogP contribution in [-0.4, -0.2) is 47.6 Å². The van der Waals surface area contributed by atoms with E-state index < -0.39 is 11.5 Å². The molecule has 0 bridgehead atoms. The lowest BCUT2D eigenvalue weighted by Gasteiger charge is -2.28. The van der Waals surface area contributed by atoms with Gasteiger partial charge in [0.15, 0.2) is 0 Å². The van der Waals surface area contributed by atoms with E-state index in [1.807, 2.05) is 13.8 Å². The minimum atomic E-state index is -0.963. The average Bonchev–Trinajstić information content (AvgIpc) is 2.24. The predicted octanol–water partition coefficient (Wildman–Crippen LogP) is 0.311. The second-order valence-electron chi connectivity index (χ2n) is 4.05. The first kappa shape index (κ1) is 15.5. The molecule has 0 aliphatic rings. The van der Waals surface area contributed by atoms with Crippen LogP contribution in [0.15, 0.2) is 0 Å². The van der Waals surface area contributed by atoms with Crippen molar-refractivity contribution < 1.29 is 14.7 Å². The number of carboxylic acid groups (broad SMARTS) is 1. The van der Waals surface area contributed by atoms with E-state index in [2.05, 4.69) is 11.2 Å². The molecule has 5 nitrogen and oxygen atoms in total. The van der Waals surface area contributed by atoms with Crippen LogP contribution in [0.1, 0.15) is 26.7 Å². The molecule has 5 heteroatoms. The van der Waals surface area contributed by atoms with Crippen molar-refractivity contribution >= 4 is 11.9 Å². The van der Waals surface area contributed by atoms with Gasteiger partial charge in [0.2, 0.25) is 5.91 Å². The number of rotatable bonds is 7. The molecule has 0 aromatic carbocycles. The summed E-state index contributed by atoms with van der Waals surface area (Å²) in [7, 11) is 1.57. The van der Waals surface area contributed by atoms with Gasteiger partial charge in [-0.25, -0.2) is 0 Å². The molecule has 2 N–H and O–H groups in total. The van der Waals surface area contributed by atoms with Crippen LogP contribution < -0.4 is 5.32 Å². The van der Waals surface area contributed by atoms with Gasteiger partial charge in [0.1, 0.15) is 5.54 Å². The Morgan fingerprint density at radius 2 is 1.88 bits per heavy atom. The summed E-state index contributed by atoms with van der Waals surface area (Å²) in [6, 6.07) is 0. The van der Waals surface area contributed by atoms with E-state index in [1.165, 1.54) is 4.90 Å². The number of carboxylic acids is 1. The van der Waals surface area contributed by atoms with E-state index in [9.17, 15) is 9.59 Å². The van der Waals surface area contributed by atoms with E-state index in [0.717, 1.165) is 0 Å². The Bertz CT molecular complexity index is 316. The summed E-state index contributed by atoms with van der Waals surface area (Å²) < 4.78 is 0. The van der Waals surface area contributed by atoms with Gasteiger partial charge in [-0.1, -0.05) is 19.8 Å². The zero-order valence-corrected chi connectivity index (χ0v) is 10.6. The molecule has 17 heavy (non-hydrogen) atoms. The second-order valence-corrected chi connectivity index (χ2v) is 4.05. The van der Waals surface area contributed by atoms with Gasteiger partial charge < -0.3 is 10.4 Å². The molecular formula is C12H20N2O3. The summed E-state index contributed by atoms with van der Waals surface area (Å²) in [5.74, 6) is 1.38. The quantitative estimate of drug-likeness (QED) is 0.628. The van der Waals surface area contributed by atoms with Crippen LogP contribution in [0.5, 0.6) is 0 Å². The number of hydrogen-bond acceptors (Lipinski definition) is 3. The van der Waals surface area contributed by atoms with Gasteiger partial charge in [-0.15, -0.1) is 6.42 Å². The standard InChI is InChI=1S/C12H20N2O3/c1-5-12(6-2,7-3)13-10(15)8-14(4)9-11(16)17/h1H,6-9H2,2-4H3,(H,13,15)(H,16,17). The summed E-state index contributed by atoms with van der Waals surface area (Å²) in [6.07, 6.45) is 6.71. The number of carbonyl (C=O) groups excluding carboxylic acids is 1. The molecule has 0 aromatic heterocycles. The third-order valence-electron chi connectivity index (χ3n) is 2.68. The second kappa shape index (κ2) is 6.92. The van der Waals surface area contributed by atoms with Gasteiger partial charge in [-0.2, -0.15) is 0 Å². The van der Waals surface area contributed by atoms with Crippen molar-refractivity contribution in [3.63, 3.8) is 0 Å². The molecule has 0 atom stereocenters. The average molecular weight is 240 g/mol. The maximum absolute atomic E-state index is 11.7. The smallest absolute Gasteiger partial charge is 0.317 e. The van der Waals surface area contributed by atoms with E-state index >= 15 is 0 Å². The monoisotopic (exact) mass is 240 g/mol. The summed E-state index contributed by atoms with van der Waals surface area (Å²) >= 11 is 0. The largest absolute Gasteiger partial charge is 0.480 e. The number of nitrogens with zero attached hydrogens (tertiary/aromatic N) is 1. The summed E-state index contributed by atoms with van der Waals surface area (Å²) in [5.41, 5.74) is -0.624. The molecule has 0 fully saturated rings. The fourth-order valence-corrected chi connectivity index (χ4v) is 1.51. The van der Waals surface area contributed by atoms with Gasteiger partial charge >= 0.3 is 5.97 Å². The van der Waals surface area contributed by atoms with E-state index in [-0.39, 0.29) is 19.0 Å². The van der Waals surface area contributed by atoms with E-state index in [4.69, 9.17) is 11.5 Å². The number of likely N-dealkylation sites (N-methyl/N-ethyl adjacent to an activating group) is 1. The zero-order valence-electron chi connectivity index (χ0n) is 10.6. The van der Waals surface area contributed by atoms with Crippen molar-refractivity contribution in [2.24, 2.45) is 0 Å². The Hall–Kier alpha value is -1.54. The van der Waals surface area contributed by atoms with Crippen LogP contribution in [0.3, 0.4) is 0 Å². The Morgan fingerprint density at radius 1 is 1.35 bits per heavy atom. The highest BCUT2D eigenvalue weighted by molar-refractivity contribution is 5.80. The lowest BCUT2D eigenvalue weighted by Crippen LogP contribution is -2.50. The van der Waals surface area contributed by atoms with Crippen molar-refractivity contribution in [3.8, 4) is 12.3 Å². The van der Waals surface area contributed by atoms with E-state index in [0.29, 0.717) is 12.8 Å². The molecule has 0 saturated heterocycles. The van der Waals surface area contributed by atoms with Crippen LogP contribution >= 0.6 is 0 Å². The van der Waals surface area contributed by atoms with Gasteiger partial charge in [0.05, 0.1) is 13.1 Å². The number of terminal acetylenes is 1. The maximum Gasteiger partial charge on any atom is 0.317 e. The molecule has 1 amide bonds. The van der Waals surface area contributed by atoms with Crippen LogP contribution in [0, 0.1) is 12.3 Å². The Labute approximate surface area is 102 Å². The van der Waals surface area contributed by atoms with Crippen LogP contribution in [0.4, 0.5) is 0 Å². The van der Waals surface area contributed by atoms with Crippen LogP contribution in [0.2, 0.25) is 0 Å². The molecule has 96 valence electrons. The fourth-order valence-electron chi connectivity index (χ4n) is 1.51. The summed E-state index contributed by atoms with van der Waals surface area (Å²) in [6.45, 7) is 3.67. The number of amides is 1. The molecule has 0 radical (unpaired) electrons. The Kier molecular flexibility index (Phi) is 6.29. The highest BCUT2D eigenvalue weighted by atomic mass is 16.4. The molecule has 0 heterocycles. The summed E-state index contributed by atoms with van der Waals surface area (Å²) in [5, 5.41) is 11.3. The van der Waals surface area contributed by atoms with Crippen molar-refractivity contribution in [2.45, 2.75) is 32.2 Å². The molecule has 0 aliphatic carbocycles. The van der Waals surface area contributed by atoms with E-state index in [1.54, 1.807) is 7.05 Å². The van der Waals surface area contributed by atoms with Gasteiger partial charge in [0.25, 0.3) is 0 Å². The topological polar surface area (TPSA) is 69.6 Å². The maximum atomic E-state index is 11.7. The van der Waals surface area contributed by atoms with Crippen molar-refractivity contribution in [3.05, 3.63) is 0 Å². The number of hydrogen-bond donors (Lipinski definition) is 2. The Balaban J connectivity index is 4.35. The minimum Gasteiger partial charge on any atom is -0.480 e. The highest BCUT2D eigenvalue weighted by Gasteiger charge is 2.25. The van der Waals surface area contributed by atoms with Crippen LogP contribution in [0.25, 0.3) is 0 Å². The third-order valence-corrected chi connectivity index (χ3v) is 2.68. The van der Waals surface area contributed by atoms with Crippen LogP contribution in [-0.2, 0) is 9.59 Å². The molecule has 0 aromatic rings. The normalized spacial score (nSPS) is 11.0. The van der Waals surface area contributed by atoms with Gasteiger partial charge in [0, 0.05) is 0 Å². The lowest BCUT2D eigenvalue weighted by atomic mass is 9.94. The lowest BCUT2D eigenvalue weighted by molar-refractivity contribution is -0.138. The minimum absolute atomic E-state index is 0.0235. The zero-order chi connectivity index (χ0) is 13.5. The number of carbonyl (C=O) groups is 2. The number of aliphatic carboxylic acids is 1. The first-order chi connectivity index (χ1) is 7.89. The molecule has 0 unspecified atom stereocenters. The van der Waals surface area contributed by atoms with Gasteiger partial charge in [-0.3, -0.25) is 14.5 Å². The van der Waals surface area contributed by atoms with Crippen molar-refractivity contribution in [1.29, 1.82) is 0 Å². The molecule has 0 spiro atoms. The van der Waals surface area contributed by atoms with Crippen molar-refractivity contribution in [1.82, 2.24) is 10.2 Å². The Morgan fingerprint density at radius 3 is 2.24 bits per heavy atom. The van der Waals surface area contributed by atoms with Gasteiger partial charge in [-0.05, 0) is 19.9 Å². The fraction of sp³-hybridized carbons (Fsp3) is 0.667. The first-order valence-corrected chi connectivity index (χ1v) is 5.58. The molecule has 0 rings (SSSR count). The summed E-state index contributed by atoms with van der Waals surface area (Å²) in [4.78, 5) is 23.5. The molecule has 0 aliphatic heterocycles. The highest BCUT2D eigenvalue weighted by Crippen LogP contribution is 2.13.